The molecule has 1 heterocycles. The van der Waals surface area contributed by atoms with Crippen molar-refractivity contribution < 1.29 is 0 Å². The van der Waals surface area contributed by atoms with Crippen molar-refractivity contribution in [1.29, 1.82) is 0 Å². The molecule has 0 aliphatic carbocycles. The Labute approximate surface area is 66.1 Å². The first kappa shape index (κ1) is 7.61. The van der Waals surface area contributed by atoms with E-state index in [4.69, 9.17) is 0 Å². The molecule has 0 bridgehead atoms. The van der Waals surface area contributed by atoms with Gasteiger partial charge in [-0.3, -0.25) is 0 Å². The third kappa shape index (κ3) is 2.40. The van der Waals surface area contributed by atoms with E-state index >= 15 is 0 Å². The summed E-state index contributed by atoms with van der Waals surface area (Å²) in [6.45, 7) is 3.31. The van der Waals surface area contributed by atoms with E-state index < -0.39 is 0 Å². The SMILES string of the molecule is CCCCNc1ccsc1. The summed E-state index contributed by atoms with van der Waals surface area (Å²) in [4.78, 5) is 0. The van der Waals surface area contributed by atoms with Crippen LogP contribution in [0.3, 0.4) is 0 Å². The predicted molar refractivity (Wildman–Crippen MR) is 47.7 cm³/mol. The summed E-state index contributed by atoms with van der Waals surface area (Å²) in [6.07, 6.45) is 2.52. The molecule has 0 fully saturated rings. The van der Waals surface area contributed by atoms with E-state index in [1.807, 2.05) is 0 Å². The van der Waals surface area contributed by atoms with Crippen LogP contribution in [0.1, 0.15) is 19.8 Å². The van der Waals surface area contributed by atoms with Crippen LogP contribution in [-0.4, -0.2) is 6.54 Å². The molecule has 10 heavy (non-hydrogen) atoms. The maximum atomic E-state index is 3.34. The van der Waals surface area contributed by atoms with Gasteiger partial charge in [-0.1, -0.05) is 13.3 Å². The zero-order chi connectivity index (χ0) is 7.23. The number of anilines is 1. The van der Waals surface area contributed by atoms with Gasteiger partial charge in [0.2, 0.25) is 0 Å². The van der Waals surface area contributed by atoms with Gasteiger partial charge in [0.1, 0.15) is 0 Å². The number of hydrogen-bond donors (Lipinski definition) is 1. The van der Waals surface area contributed by atoms with E-state index in [2.05, 4.69) is 29.1 Å². The Kier molecular flexibility index (Phi) is 3.30. The van der Waals surface area contributed by atoms with Gasteiger partial charge in [-0.2, -0.15) is 11.3 Å². The lowest BCUT2D eigenvalue weighted by molar-refractivity contribution is 0.835. The lowest BCUT2D eigenvalue weighted by Gasteiger charge is -1.99. The molecule has 0 aromatic carbocycles. The van der Waals surface area contributed by atoms with Crippen molar-refractivity contribution in [3.8, 4) is 0 Å². The molecular weight excluding hydrogens is 142 g/mol. The number of thiophene rings is 1. The molecule has 1 aromatic rings. The molecule has 1 N–H and O–H groups in total. The van der Waals surface area contributed by atoms with Crippen molar-refractivity contribution in [2.45, 2.75) is 19.8 Å². The molecule has 0 spiro atoms. The maximum absolute atomic E-state index is 3.34. The normalized spacial score (nSPS) is 9.70. The average Bonchev–Trinajstić information content (AvgIpc) is 2.41. The molecule has 0 amide bonds. The summed E-state index contributed by atoms with van der Waals surface area (Å²) >= 11 is 1.74. The molecule has 1 nitrogen and oxygen atoms in total. The van der Waals surface area contributed by atoms with Gasteiger partial charge in [0.05, 0.1) is 0 Å². The Morgan fingerprint density at radius 3 is 3.10 bits per heavy atom. The standard InChI is InChI=1S/C8H13NS/c1-2-3-5-9-8-4-6-10-7-8/h4,6-7,9H,2-3,5H2,1H3. The van der Waals surface area contributed by atoms with E-state index in [9.17, 15) is 0 Å². The van der Waals surface area contributed by atoms with Crippen LogP contribution in [0.5, 0.6) is 0 Å². The molecule has 0 unspecified atom stereocenters. The molecule has 1 aromatic heterocycles. The highest BCUT2D eigenvalue weighted by atomic mass is 32.1. The summed E-state index contributed by atoms with van der Waals surface area (Å²) in [6, 6.07) is 2.11. The zero-order valence-electron chi connectivity index (χ0n) is 6.26. The molecule has 0 saturated heterocycles. The molecule has 1 rings (SSSR count). The van der Waals surface area contributed by atoms with Crippen molar-refractivity contribution >= 4 is 17.0 Å². The minimum absolute atomic E-state index is 1.10. The Hall–Kier alpha value is -0.500. The van der Waals surface area contributed by atoms with Crippen molar-refractivity contribution in [3.63, 3.8) is 0 Å². The molecule has 0 saturated carbocycles. The number of hydrogen-bond acceptors (Lipinski definition) is 2. The Bertz CT molecular complexity index is 158. The van der Waals surface area contributed by atoms with E-state index in [-0.39, 0.29) is 0 Å². The van der Waals surface area contributed by atoms with Gasteiger partial charge >= 0.3 is 0 Å². The van der Waals surface area contributed by atoms with Crippen LogP contribution in [0.25, 0.3) is 0 Å². The molecule has 2 heteroatoms. The fourth-order valence-electron chi connectivity index (χ4n) is 0.775. The first-order chi connectivity index (χ1) is 4.93. The maximum Gasteiger partial charge on any atom is 0.0448 e. The van der Waals surface area contributed by atoms with Crippen LogP contribution >= 0.6 is 11.3 Å². The van der Waals surface area contributed by atoms with Crippen LogP contribution < -0.4 is 5.32 Å². The van der Waals surface area contributed by atoms with Crippen molar-refractivity contribution in [2.75, 3.05) is 11.9 Å². The summed E-state index contributed by atoms with van der Waals surface area (Å²) in [7, 11) is 0. The second kappa shape index (κ2) is 4.34. The highest BCUT2D eigenvalue weighted by Gasteiger charge is 1.87. The topological polar surface area (TPSA) is 12.0 Å². The lowest BCUT2D eigenvalue weighted by atomic mass is 10.3. The Morgan fingerprint density at radius 1 is 1.60 bits per heavy atom. The predicted octanol–water partition coefficient (Wildman–Crippen LogP) is 2.96. The van der Waals surface area contributed by atoms with Crippen LogP contribution in [0.4, 0.5) is 5.69 Å². The van der Waals surface area contributed by atoms with E-state index in [0.717, 1.165) is 6.54 Å². The minimum atomic E-state index is 1.10. The number of rotatable bonds is 4. The van der Waals surface area contributed by atoms with Crippen LogP contribution in [-0.2, 0) is 0 Å². The Balaban J connectivity index is 2.15. The fraction of sp³-hybridized carbons (Fsp3) is 0.500. The van der Waals surface area contributed by atoms with Crippen LogP contribution in [0.15, 0.2) is 16.8 Å². The van der Waals surface area contributed by atoms with Gasteiger partial charge in [-0.25, -0.2) is 0 Å². The van der Waals surface area contributed by atoms with Gasteiger partial charge in [0.15, 0.2) is 0 Å². The molecule has 0 atom stereocenters. The van der Waals surface area contributed by atoms with Gasteiger partial charge in [-0.15, -0.1) is 0 Å². The summed E-state index contributed by atoms with van der Waals surface area (Å²) in [5, 5.41) is 7.56. The van der Waals surface area contributed by atoms with E-state index in [1.54, 1.807) is 11.3 Å². The van der Waals surface area contributed by atoms with E-state index in [0.29, 0.717) is 0 Å². The lowest BCUT2D eigenvalue weighted by Crippen LogP contribution is -1.98. The molecule has 0 aliphatic rings. The summed E-state index contributed by atoms with van der Waals surface area (Å²) < 4.78 is 0. The third-order valence-electron chi connectivity index (χ3n) is 1.38. The smallest absolute Gasteiger partial charge is 0.0448 e. The van der Waals surface area contributed by atoms with Gasteiger partial charge < -0.3 is 5.32 Å². The van der Waals surface area contributed by atoms with E-state index in [1.165, 1.54) is 18.5 Å². The van der Waals surface area contributed by atoms with Gasteiger partial charge in [-0.05, 0) is 17.9 Å². The average molecular weight is 155 g/mol. The van der Waals surface area contributed by atoms with Crippen LogP contribution in [0.2, 0.25) is 0 Å². The van der Waals surface area contributed by atoms with Crippen molar-refractivity contribution in [3.05, 3.63) is 16.8 Å². The fourth-order valence-corrected chi connectivity index (χ4v) is 1.39. The second-order valence-electron chi connectivity index (χ2n) is 2.29. The van der Waals surface area contributed by atoms with Gasteiger partial charge in [0, 0.05) is 17.6 Å². The third-order valence-corrected chi connectivity index (χ3v) is 2.06. The van der Waals surface area contributed by atoms with Crippen LogP contribution in [0, 0.1) is 0 Å². The molecule has 56 valence electrons. The second-order valence-corrected chi connectivity index (χ2v) is 3.07. The van der Waals surface area contributed by atoms with Crippen molar-refractivity contribution in [2.24, 2.45) is 0 Å². The molecule has 0 aliphatic heterocycles. The summed E-state index contributed by atoms with van der Waals surface area (Å²) in [5.74, 6) is 0. The highest BCUT2D eigenvalue weighted by molar-refractivity contribution is 7.08. The van der Waals surface area contributed by atoms with Crippen molar-refractivity contribution in [1.82, 2.24) is 0 Å². The zero-order valence-corrected chi connectivity index (χ0v) is 7.08. The number of unbranched alkanes of at least 4 members (excludes halogenated alkanes) is 1. The van der Waals surface area contributed by atoms with Gasteiger partial charge in [0.25, 0.3) is 0 Å². The molecular formula is C8H13NS. The highest BCUT2D eigenvalue weighted by Crippen LogP contribution is 2.11. The number of nitrogens with one attached hydrogen (secondary N) is 1. The first-order valence-electron chi connectivity index (χ1n) is 3.69. The monoisotopic (exact) mass is 155 g/mol. The molecule has 0 radical (unpaired) electrons. The first-order valence-corrected chi connectivity index (χ1v) is 4.64. The quantitative estimate of drug-likeness (QED) is 0.659. The summed E-state index contributed by atoms with van der Waals surface area (Å²) in [5.41, 5.74) is 1.26. The largest absolute Gasteiger partial charge is 0.384 e. The minimum Gasteiger partial charge on any atom is -0.384 e. The Morgan fingerprint density at radius 2 is 2.50 bits per heavy atom.